The highest BCUT2D eigenvalue weighted by atomic mass is 28.3. The van der Waals surface area contributed by atoms with Crippen LogP contribution < -0.4 is 4.74 Å². The van der Waals surface area contributed by atoms with Crippen LogP contribution in [-0.2, 0) is 0 Å². The number of hydrogen-bond acceptors (Lipinski definition) is 1. The van der Waals surface area contributed by atoms with Crippen LogP contribution in [0.4, 0.5) is 8.78 Å². The molecule has 0 radical (unpaired) electrons. The Morgan fingerprint density at radius 3 is 2.00 bits per heavy atom. The zero-order chi connectivity index (χ0) is 10.8. The molecule has 1 nitrogen and oxygen atoms in total. The van der Waals surface area contributed by atoms with E-state index >= 15 is 0 Å². The van der Waals surface area contributed by atoms with E-state index in [1.807, 2.05) is 0 Å². The van der Waals surface area contributed by atoms with Gasteiger partial charge in [0.2, 0.25) is 0 Å². The molecule has 0 heterocycles. The zero-order valence-electron chi connectivity index (χ0n) is 8.55. The smallest absolute Gasteiger partial charge is 0.366 e. The molecule has 4 heteroatoms. The number of rotatable bonds is 3. The Hall–Kier alpha value is -0.903. The third-order valence-corrected chi connectivity index (χ3v) is 3.71. The summed E-state index contributed by atoms with van der Waals surface area (Å²) in [7, 11) is -2.62. The van der Waals surface area contributed by atoms with Crippen molar-refractivity contribution in [3.05, 3.63) is 30.3 Å². The number of benzene rings is 1. The Bertz CT molecular complexity index is 293. The number of halogens is 2. The van der Waals surface area contributed by atoms with Crippen LogP contribution in [-0.4, -0.2) is 13.8 Å². The molecule has 0 N–H and O–H groups in total. The van der Waals surface area contributed by atoms with E-state index in [2.05, 4.69) is 0 Å². The van der Waals surface area contributed by atoms with Crippen molar-refractivity contribution < 1.29 is 13.5 Å². The first-order chi connectivity index (χ1) is 6.33. The summed E-state index contributed by atoms with van der Waals surface area (Å²) < 4.78 is 31.6. The van der Waals surface area contributed by atoms with Crippen LogP contribution >= 0.6 is 0 Å². The Balaban J connectivity index is 2.79. The van der Waals surface area contributed by atoms with E-state index in [9.17, 15) is 8.78 Å². The molecule has 78 valence electrons. The summed E-state index contributed by atoms with van der Waals surface area (Å²) in [5, 5.41) is 0. The molecule has 1 aromatic carbocycles. The van der Waals surface area contributed by atoms with Crippen LogP contribution in [0.1, 0.15) is 0 Å². The van der Waals surface area contributed by atoms with Crippen molar-refractivity contribution in [2.75, 3.05) is 0 Å². The Labute approximate surface area is 83.7 Å². The topological polar surface area (TPSA) is 9.23 Å². The third kappa shape index (κ3) is 2.54. The molecule has 0 bridgehead atoms. The van der Waals surface area contributed by atoms with E-state index in [0.29, 0.717) is 0 Å². The average Bonchev–Trinajstić information content (AvgIpc) is 2.03. The van der Waals surface area contributed by atoms with Gasteiger partial charge in [0.1, 0.15) is 5.75 Å². The summed E-state index contributed by atoms with van der Waals surface area (Å²) in [5.74, 6) is 0.222. The molecule has 0 unspecified atom stereocenters. The zero-order valence-corrected chi connectivity index (χ0v) is 9.55. The van der Waals surface area contributed by atoms with Crippen molar-refractivity contribution in [1.82, 2.24) is 0 Å². The van der Waals surface area contributed by atoms with Gasteiger partial charge in [-0.25, -0.2) is 0 Å². The van der Waals surface area contributed by atoms with Gasteiger partial charge < -0.3 is 4.74 Å². The van der Waals surface area contributed by atoms with E-state index in [-0.39, 0.29) is 5.75 Å². The molecule has 0 aliphatic carbocycles. The highest BCUT2D eigenvalue weighted by molar-refractivity contribution is 6.78. The predicted molar refractivity (Wildman–Crippen MR) is 55.4 cm³/mol. The van der Waals surface area contributed by atoms with Crippen molar-refractivity contribution >= 4 is 8.07 Å². The van der Waals surface area contributed by atoms with Gasteiger partial charge in [-0.15, -0.1) is 0 Å². The molecule has 0 aromatic heterocycles. The molecule has 0 fully saturated rings. The maximum absolute atomic E-state index is 13.5. The highest BCUT2D eigenvalue weighted by Gasteiger charge is 2.47. The SMILES string of the molecule is C[Si](C)(C)C(F)(F)Oc1ccccc1. The van der Waals surface area contributed by atoms with E-state index in [1.165, 1.54) is 12.1 Å². The molecule has 0 atom stereocenters. The van der Waals surface area contributed by atoms with Crippen molar-refractivity contribution in [2.24, 2.45) is 0 Å². The Kier molecular flexibility index (Phi) is 2.94. The Morgan fingerprint density at radius 2 is 1.57 bits per heavy atom. The van der Waals surface area contributed by atoms with Crippen LogP contribution in [0.15, 0.2) is 30.3 Å². The van der Waals surface area contributed by atoms with E-state index in [1.54, 1.807) is 37.8 Å². The lowest BCUT2D eigenvalue weighted by atomic mass is 10.3. The third-order valence-electron chi connectivity index (χ3n) is 1.86. The van der Waals surface area contributed by atoms with Crippen LogP contribution in [0.3, 0.4) is 0 Å². The second-order valence-corrected chi connectivity index (χ2v) is 9.26. The Morgan fingerprint density at radius 1 is 1.07 bits per heavy atom. The lowest BCUT2D eigenvalue weighted by Crippen LogP contribution is -2.49. The number of hydrogen-bond donors (Lipinski definition) is 0. The van der Waals surface area contributed by atoms with Gasteiger partial charge >= 0.3 is 5.73 Å². The first-order valence-electron chi connectivity index (χ1n) is 4.45. The van der Waals surface area contributed by atoms with Gasteiger partial charge in [-0.1, -0.05) is 37.8 Å². The molecule has 0 saturated carbocycles. The normalized spacial score (nSPS) is 12.6. The van der Waals surface area contributed by atoms with Gasteiger partial charge in [0, 0.05) is 0 Å². The van der Waals surface area contributed by atoms with Gasteiger partial charge in [-0.2, -0.15) is 8.78 Å². The van der Waals surface area contributed by atoms with Gasteiger partial charge in [0.15, 0.2) is 8.07 Å². The standard InChI is InChI=1S/C10H14F2OSi/c1-14(2,3)10(11,12)13-9-7-5-4-6-8-9/h4-8H,1-3H3. The van der Waals surface area contributed by atoms with Crippen molar-refractivity contribution in [1.29, 1.82) is 0 Å². The van der Waals surface area contributed by atoms with E-state index < -0.39 is 13.8 Å². The average molecular weight is 216 g/mol. The lowest BCUT2D eigenvalue weighted by Gasteiger charge is -2.28. The molecule has 1 rings (SSSR count). The minimum atomic E-state index is -3.02. The molecule has 0 amide bonds. The molecule has 1 aromatic rings. The fourth-order valence-corrected chi connectivity index (χ4v) is 1.21. The van der Waals surface area contributed by atoms with Crippen LogP contribution in [0.25, 0.3) is 0 Å². The van der Waals surface area contributed by atoms with Gasteiger partial charge in [-0.05, 0) is 12.1 Å². The number of para-hydroxylation sites is 1. The van der Waals surface area contributed by atoms with Crippen molar-refractivity contribution in [3.63, 3.8) is 0 Å². The van der Waals surface area contributed by atoms with Gasteiger partial charge in [0.05, 0.1) is 0 Å². The summed E-state index contributed by atoms with van der Waals surface area (Å²) in [6.07, 6.45) is 0. The maximum Gasteiger partial charge on any atom is 0.366 e. The van der Waals surface area contributed by atoms with E-state index in [0.717, 1.165) is 0 Å². The summed E-state index contributed by atoms with van der Waals surface area (Å²) in [6.45, 7) is 4.74. The molecule has 0 saturated heterocycles. The van der Waals surface area contributed by atoms with Gasteiger partial charge in [-0.3, -0.25) is 0 Å². The molecule has 0 aliphatic heterocycles. The number of ether oxygens (including phenoxy) is 1. The number of alkyl halides is 2. The quantitative estimate of drug-likeness (QED) is 0.702. The van der Waals surface area contributed by atoms with Crippen LogP contribution in [0, 0.1) is 0 Å². The second kappa shape index (κ2) is 3.69. The molecule has 14 heavy (non-hydrogen) atoms. The fourth-order valence-electron chi connectivity index (χ4n) is 0.790. The molecule has 0 aliphatic rings. The summed E-state index contributed by atoms with van der Waals surface area (Å²) in [4.78, 5) is 0. The predicted octanol–water partition coefficient (Wildman–Crippen LogP) is 3.54. The van der Waals surface area contributed by atoms with Crippen molar-refractivity contribution in [3.8, 4) is 5.75 Å². The molecular weight excluding hydrogens is 202 g/mol. The first-order valence-corrected chi connectivity index (χ1v) is 7.95. The highest BCUT2D eigenvalue weighted by Crippen LogP contribution is 2.30. The second-order valence-electron chi connectivity index (χ2n) is 4.18. The lowest BCUT2D eigenvalue weighted by molar-refractivity contribution is -0.108. The summed E-state index contributed by atoms with van der Waals surface area (Å²) in [6, 6.07) is 8.19. The maximum atomic E-state index is 13.5. The van der Waals surface area contributed by atoms with Crippen molar-refractivity contribution in [2.45, 2.75) is 25.4 Å². The summed E-state index contributed by atoms with van der Waals surface area (Å²) >= 11 is 0. The fraction of sp³-hybridized carbons (Fsp3) is 0.400. The monoisotopic (exact) mass is 216 g/mol. The van der Waals surface area contributed by atoms with Crippen LogP contribution in [0.2, 0.25) is 19.6 Å². The largest absolute Gasteiger partial charge is 0.437 e. The first kappa shape index (κ1) is 11.2. The minimum absolute atomic E-state index is 0.222. The minimum Gasteiger partial charge on any atom is -0.437 e. The van der Waals surface area contributed by atoms with Crippen LogP contribution in [0.5, 0.6) is 5.75 Å². The summed E-state index contributed by atoms with van der Waals surface area (Å²) in [5.41, 5.74) is -3.02. The van der Waals surface area contributed by atoms with Gasteiger partial charge in [0.25, 0.3) is 0 Å². The molecule has 0 spiro atoms. The molecular formula is C10H14F2OSi. The van der Waals surface area contributed by atoms with E-state index in [4.69, 9.17) is 4.74 Å².